The van der Waals surface area contributed by atoms with E-state index in [1.165, 1.54) is 0 Å². The Morgan fingerprint density at radius 1 is 1.44 bits per heavy atom. The minimum atomic E-state index is -0.142. The second-order valence-corrected chi connectivity index (χ2v) is 5.23. The first-order chi connectivity index (χ1) is 7.48. The van der Waals surface area contributed by atoms with Crippen molar-refractivity contribution in [3.05, 3.63) is 17.0 Å². The number of nitrogens with zero attached hydrogens (tertiary/aromatic N) is 3. The van der Waals surface area contributed by atoms with Gasteiger partial charge in [0.05, 0.1) is 12.4 Å². The summed E-state index contributed by atoms with van der Waals surface area (Å²) in [5.74, 6) is 0.580. The second kappa shape index (κ2) is 4.01. The van der Waals surface area contributed by atoms with E-state index < -0.39 is 0 Å². The molecule has 0 aliphatic carbocycles. The molecule has 0 bridgehead atoms. The van der Waals surface area contributed by atoms with Gasteiger partial charge in [-0.3, -0.25) is 4.90 Å². The molecule has 0 aromatic carbocycles. The van der Waals surface area contributed by atoms with Gasteiger partial charge >= 0.3 is 6.03 Å². The number of nitrogens with one attached hydrogen (secondary N) is 1. The van der Waals surface area contributed by atoms with E-state index in [1.807, 2.05) is 13.8 Å². The molecule has 1 aliphatic heterocycles. The molecule has 0 unspecified atom stereocenters. The lowest BCUT2D eigenvalue weighted by atomic mass is 9.98. The predicted molar refractivity (Wildman–Crippen MR) is 64.3 cm³/mol. The van der Waals surface area contributed by atoms with Gasteiger partial charge in [0.15, 0.2) is 5.82 Å². The van der Waals surface area contributed by atoms with Crippen LogP contribution in [0.25, 0.3) is 0 Å². The molecular formula is C10H13BrN4O. The first-order valence-electron chi connectivity index (χ1n) is 5.05. The normalized spacial score (nSPS) is 19.4. The van der Waals surface area contributed by atoms with E-state index >= 15 is 0 Å². The van der Waals surface area contributed by atoms with E-state index in [-0.39, 0.29) is 11.6 Å². The van der Waals surface area contributed by atoms with Gasteiger partial charge in [0.25, 0.3) is 0 Å². The molecule has 0 saturated carbocycles. The summed E-state index contributed by atoms with van der Waals surface area (Å²) in [5, 5.41) is 2.93. The van der Waals surface area contributed by atoms with Crippen LogP contribution in [-0.2, 0) is 0 Å². The highest BCUT2D eigenvalue weighted by molar-refractivity contribution is 9.10. The van der Waals surface area contributed by atoms with Crippen molar-refractivity contribution in [2.45, 2.75) is 25.8 Å². The summed E-state index contributed by atoms with van der Waals surface area (Å²) < 4.78 is 0.661. The molecule has 86 valence electrons. The Bertz CT molecular complexity index is 404. The molecule has 1 fully saturated rings. The van der Waals surface area contributed by atoms with Crippen LogP contribution in [0.15, 0.2) is 17.0 Å². The fourth-order valence-corrected chi connectivity index (χ4v) is 1.78. The van der Waals surface area contributed by atoms with E-state index in [2.05, 4.69) is 31.2 Å². The van der Waals surface area contributed by atoms with Gasteiger partial charge in [-0.1, -0.05) is 0 Å². The van der Waals surface area contributed by atoms with Crippen LogP contribution in [0.4, 0.5) is 10.6 Å². The number of hydrogen-bond acceptors (Lipinski definition) is 3. The lowest BCUT2D eigenvalue weighted by Crippen LogP contribution is -2.57. The van der Waals surface area contributed by atoms with Crippen molar-refractivity contribution in [1.29, 1.82) is 0 Å². The van der Waals surface area contributed by atoms with E-state index in [4.69, 9.17) is 0 Å². The highest BCUT2D eigenvalue weighted by atomic mass is 79.9. The first kappa shape index (κ1) is 11.3. The standard InChI is InChI=1S/C10H13BrN4O/c1-10(2)3-4-15(9(16)14-10)8-6-12-7(11)5-13-8/h5-6H,3-4H2,1-2H3,(H,14,16). The van der Waals surface area contributed by atoms with Gasteiger partial charge in [-0.2, -0.15) is 0 Å². The lowest BCUT2D eigenvalue weighted by Gasteiger charge is -2.37. The molecule has 2 rings (SSSR count). The van der Waals surface area contributed by atoms with Crippen molar-refractivity contribution in [1.82, 2.24) is 15.3 Å². The fraction of sp³-hybridized carbons (Fsp3) is 0.500. The third-order valence-electron chi connectivity index (χ3n) is 2.53. The number of carbonyl (C=O) groups excluding carboxylic acids is 1. The van der Waals surface area contributed by atoms with Crippen molar-refractivity contribution in [2.24, 2.45) is 0 Å². The summed E-state index contributed by atoms with van der Waals surface area (Å²) in [4.78, 5) is 21.6. The van der Waals surface area contributed by atoms with Crippen LogP contribution < -0.4 is 10.2 Å². The highest BCUT2D eigenvalue weighted by Crippen LogP contribution is 2.20. The van der Waals surface area contributed by atoms with Crippen LogP contribution in [0.2, 0.25) is 0 Å². The monoisotopic (exact) mass is 284 g/mol. The summed E-state index contributed by atoms with van der Waals surface area (Å²) in [5.41, 5.74) is -0.142. The zero-order valence-corrected chi connectivity index (χ0v) is 10.8. The Morgan fingerprint density at radius 3 is 2.75 bits per heavy atom. The summed E-state index contributed by atoms with van der Waals surface area (Å²) in [7, 11) is 0. The van der Waals surface area contributed by atoms with Crippen molar-refractivity contribution < 1.29 is 4.79 Å². The van der Waals surface area contributed by atoms with Crippen LogP contribution in [0, 0.1) is 0 Å². The van der Waals surface area contributed by atoms with Crippen molar-refractivity contribution >= 4 is 27.8 Å². The number of hydrogen-bond donors (Lipinski definition) is 1. The molecule has 1 saturated heterocycles. The molecule has 2 amide bonds. The van der Waals surface area contributed by atoms with Gasteiger partial charge in [-0.15, -0.1) is 0 Å². The molecule has 1 aliphatic rings. The Hall–Kier alpha value is -1.17. The topological polar surface area (TPSA) is 58.1 Å². The number of rotatable bonds is 1. The molecule has 0 spiro atoms. The minimum absolute atomic E-state index is 0.118. The van der Waals surface area contributed by atoms with Crippen LogP contribution in [0.1, 0.15) is 20.3 Å². The average Bonchev–Trinajstić information content (AvgIpc) is 2.19. The van der Waals surface area contributed by atoms with Crippen LogP contribution in [0.5, 0.6) is 0 Å². The highest BCUT2D eigenvalue weighted by Gasteiger charge is 2.31. The van der Waals surface area contributed by atoms with Crippen molar-refractivity contribution in [3.8, 4) is 0 Å². The number of halogens is 1. The van der Waals surface area contributed by atoms with E-state index in [9.17, 15) is 4.79 Å². The maximum absolute atomic E-state index is 11.8. The number of aromatic nitrogens is 2. The number of amides is 2. The second-order valence-electron chi connectivity index (χ2n) is 4.41. The van der Waals surface area contributed by atoms with Gasteiger partial charge in [0, 0.05) is 12.1 Å². The average molecular weight is 285 g/mol. The van der Waals surface area contributed by atoms with Gasteiger partial charge < -0.3 is 5.32 Å². The third-order valence-corrected chi connectivity index (χ3v) is 2.94. The number of anilines is 1. The summed E-state index contributed by atoms with van der Waals surface area (Å²) in [6, 6.07) is -0.118. The van der Waals surface area contributed by atoms with E-state index in [1.54, 1.807) is 17.3 Å². The maximum atomic E-state index is 11.8. The van der Waals surface area contributed by atoms with E-state index in [0.717, 1.165) is 6.42 Å². The largest absolute Gasteiger partial charge is 0.333 e. The van der Waals surface area contributed by atoms with Crippen molar-refractivity contribution in [2.75, 3.05) is 11.4 Å². The Balaban J connectivity index is 2.17. The van der Waals surface area contributed by atoms with E-state index in [0.29, 0.717) is 17.0 Å². The van der Waals surface area contributed by atoms with Gasteiger partial charge in [0.2, 0.25) is 0 Å². The van der Waals surface area contributed by atoms with Gasteiger partial charge in [-0.05, 0) is 36.2 Å². The quantitative estimate of drug-likeness (QED) is 0.857. The molecule has 6 heteroatoms. The Labute approximate surface area is 102 Å². The first-order valence-corrected chi connectivity index (χ1v) is 5.84. The molecule has 5 nitrogen and oxygen atoms in total. The smallest absolute Gasteiger partial charge is 0.323 e. The van der Waals surface area contributed by atoms with Crippen LogP contribution in [-0.4, -0.2) is 28.1 Å². The zero-order valence-electron chi connectivity index (χ0n) is 9.20. The molecule has 1 N–H and O–H groups in total. The summed E-state index contributed by atoms with van der Waals surface area (Å²) in [6.45, 7) is 4.68. The fourth-order valence-electron chi connectivity index (χ4n) is 1.58. The number of urea groups is 1. The van der Waals surface area contributed by atoms with Crippen LogP contribution in [0.3, 0.4) is 0 Å². The Kier molecular flexibility index (Phi) is 2.84. The minimum Gasteiger partial charge on any atom is -0.333 e. The Morgan fingerprint density at radius 2 is 2.19 bits per heavy atom. The molecule has 16 heavy (non-hydrogen) atoms. The lowest BCUT2D eigenvalue weighted by molar-refractivity contribution is 0.224. The summed E-state index contributed by atoms with van der Waals surface area (Å²) >= 11 is 3.21. The number of carbonyl (C=O) groups is 1. The molecule has 1 aromatic heterocycles. The molecule has 0 radical (unpaired) electrons. The zero-order chi connectivity index (χ0) is 11.8. The van der Waals surface area contributed by atoms with Gasteiger partial charge in [0.1, 0.15) is 4.60 Å². The summed E-state index contributed by atoms with van der Waals surface area (Å²) in [6.07, 6.45) is 4.06. The molecular weight excluding hydrogens is 272 g/mol. The molecule has 2 heterocycles. The van der Waals surface area contributed by atoms with Crippen LogP contribution >= 0.6 is 15.9 Å². The third kappa shape index (κ3) is 2.32. The maximum Gasteiger partial charge on any atom is 0.323 e. The SMILES string of the molecule is CC1(C)CCN(c2cnc(Br)cn2)C(=O)N1. The molecule has 1 aromatic rings. The molecule has 0 atom stereocenters. The predicted octanol–water partition coefficient (Wildman–Crippen LogP) is 1.94. The van der Waals surface area contributed by atoms with Crippen molar-refractivity contribution in [3.63, 3.8) is 0 Å². The van der Waals surface area contributed by atoms with Gasteiger partial charge in [-0.25, -0.2) is 14.8 Å².